The first-order valence-electron chi connectivity index (χ1n) is 5.00. The Morgan fingerprint density at radius 3 is 2.09 bits per heavy atom. The Morgan fingerprint density at radius 2 is 1.73 bits per heavy atom. The third-order valence-corrected chi connectivity index (χ3v) is 2.26. The van der Waals surface area contributed by atoms with E-state index in [2.05, 4.69) is 33.0 Å². The minimum absolute atomic E-state index is 0.687. The molecule has 0 aromatic rings. The van der Waals surface area contributed by atoms with E-state index < -0.39 is 0 Å². The molecule has 0 spiro atoms. The first-order valence-corrected chi connectivity index (χ1v) is 5.00. The minimum Gasteiger partial charge on any atom is -0.312 e. The molecule has 0 aliphatic carbocycles. The van der Waals surface area contributed by atoms with Crippen LogP contribution >= 0.6 is 0 Å². The van der Waals surface area contributed by atoms with Crippen molar-refractivity contribution in [1.29, 1.82) is 0 Å². The maximum atomic E-state index is 3.62. The number of hydrogen-bond donors (Lipinski definition) is 1. The molecule has 0 saturated heterocycles. The van der Waals surface area contributed by atoms with Gasteiger partial charge < -0.3 is 5.32 Å². The summed E-state index contributed by atoms with van der Waals surface area (Å²) < 4.78 is 0. The highest BCUT2D eigenvalue weighted by Crippen LogP contribution is 2.03. The average molecular weight is 157 g/mol. The summed E-state index contributed by atoms with van der Waals surface area (Å²) in [5.41, 5.74) is 0. The van der Waals surface area contributed by atoms with Gasteiger partial charge in [0.15, 0.2) is 0 Å². The van der Waals surface area contributed by atoms with Crippen molar-refractivity contribution in [3.63, 3.8) is 0 Å². The van der Waals surface area contributed by atoms with Crippen LogP contribution < -0.4 is 5.32 Å². The average Bonchev–Trinajstić information content (AvgIpc) is 2.03. The van der Waals surface area contributed by atoms with Crippen LogP contribution in [0.2, 0.25) is 0 Å². The summed E-state index contributed by atoms with van der Waals surface area (Å²) >= 11 is 0. The van der Waals surface area contributed by atoms with Gasteiger partial charge in [0.25, 0.3) is 0 Å². The fourth-order valence-electron chi connectivity index (χ4n) is 1.27. The van der Waals surface area contributed by atoms with E-state index in [0.717, 1.165) is 6.04 Å². The van der Waals surface area contributed by atoms with E-state index in [1.54, 1.807) is 0 Å². The van der Waals surface area contributed by atoms with Gasteiger partial charge in [-0.1, -0.05) is 27.2 Å². The van der Waals surface area contributed by atoms with Gasteiger partial charge in [-0.2, -0.15) is 0 Å². The second-order valence-corrected chi connectivity index (χ2v) is 3.37. The van der Waals surface area contributed by atoms with E-state index in [9.17, 15) is 0 Å². The van der Waals surface area contributed by atoms with Crippen molar-refractivity contribution in [2.75, 3.05) is 0 Å². The van der Waals surface area contributed by atoms with E-state index in [4.69, 9.17) is 0 Å². The summed E-state index contributed by atoms with van der Waals surface area (Å²) in [6.07, 6.45) is 5.11. The zero-order valence-corrected chi connectivity index (χ0v) is 8.48. The van der Waals surface area contributed by atoms with Crippen LogP contribution in [0.15, 0.2) is 0 Å². The highest BCUT2D eigenvalue weighted by atomic mass is 14.9. The molecule has 2 atom stereocenters. The molecule has 0 fully saturated rings. The highest BCUT2D eigenvalue weighted by Gasteiger charge is 2.06. The monoisotopic (exact) mass is 157 g/mol. The molecule has 11 heavy (non-hydrogen) atoms. The molecular weight excluding hydrogens is 134 g/mol. The third-order valence-electron chi connectivity index (χ3n) is 2.26. The van der Waals surface area contributed by atoms with Gasteiger partial charge in [-0.25, -0.2) is 0 Å². The smallest absolute Gasteiger partial charge is 0.00668 e. The second-order valence-electron chi connectivity index (χ2n) is 3.37. The van der Waals surface area contributed by atoms with Gasteiger partial charge in [-0.05, 0) is 26.2 Å². The molecule has 1 nitrogen and oxygen atoms in total. The third kappa shape index (κ3) is 5.25. The van der Waals surface area contributed by atoms with Crippen molar-refractivity contribution >= 4 is 0 Å². The summed E-state index contributed by atoms with van der Waals surface area (Å²) in [5.74, 6) is 0. The molecule has 68 valence electrons. The van der Waals surface area contributed by atoms with Crippen LogP contribution in [0.25, 0.3) is 0 Å². The molecule has 0 aromatic carbocycles. The Kier molecular flexibility index (Phi) is 6.63. The number of hydrogen-bond acceptors (Lipinski definition) is 1. The molecule has 0 bridgehead atoms. The zero-order chi connectivity index (χ0) is 8.69. The van der Waals surface area contributed by atoms with Crippen LogP contribution in [0.1, 0.15) is 53.4 Å². The summed E-state index contributed by atoms with van der Waals surface area (Å²) in [5, 5.41) is 3.62. The van der Waals surface area contributed by atoms with E-state index in [1.807, 2.05) is 0 Å². The largest absolute Gasteiger partial charge is 0.312 e. The molecule has 0 rings (SSSR count). The predicted molar refractivity (Wildman–Crippen MR) is 51.9 cm³/mol. The molecule has 0 radical (unpaired) electrons. The van der Waals surface area contributed by atoms with Crippen LogP contribution in [-0.2, 0) is 0 Å². The SMILES string of the molecule is CCC[C@H](CC)NC(C)CC. The Hall–Kier alpha value is -0.0400. The Morgan fingerprint density at radius 1 is 1.09 bits per heavy atom. The molecule has 0 aromatic heterocycles. The van der Waals surface area contributed by atoms with Crippen LogP contribution in [0.3, 0.4) is 0 Å². The lowest BCUT2D eigenvalue weighted by Crippen LogP contribution is -2.35. The molecule has 1 N–H and O–H groups in total. The summed E-state index contributed by atoms with van der Waals surface area (Å²) in [7, 11) is 0. The number of nitrogens with one attached hydrogen (secondary N) is 1. The Bertz CT molecular complexity index is 80.9. The van der Waals surface area contributed by atoms with Crippen molar-refractivity contribution < 1.29 is 0 Å². The van der Waals surface area contributed by atoms with Crippen LogP contribution in [0.4, 0.5) is 0 Å². The summed E-state index contributed by atoms with van der Waals surface area (Å²) in [6.45, 7) is 9.01. The molecule has 0 saturated carbocycles. The molecule has 0 heterocycles. The fraction of sp³-hybridized carbons (Fsp3) is 1.00. The lowest BCUT2D eigenvalue weighted by molar-refractivity contribution is 0.404. The van der Waals surface area contributed by atoms with Gasteiger partial charge in [0, 0.05) is 12.1 Å². The van der Waals surface area contributed by atoms with Gasteiger partial charge in [-0.3, -0.25) is 0 Å². The topological polar surface area (TPSA) is 12.0 Å². The van der Waals surface area contributed by atoms with Gasteiger partial charge in [-0.15, -0.1) is 0 Å². The van der Waals surface area contributed by atoms with Gasteiger partial charge in [0.05, 0.1) is 0 Å². The van der Waals surface area contributed by atoms with Crippen LogP contribution in [0, 0.1) is 0 Å². The molecule has 0 aliphatic rings. The van der Waals surface area contributed by atoms with Gasteiger partial charge >= 0.3 is 0 Å². The van der Waals surface area contributed by atoms with Crippen molar-refractivity contribution in [2.45, 2.75) is 65.5 Å². The normalized spacial score (nSPS) is 16.4. The maximum Gasteiger partial charge on any atom is 0.00668 e. The van der Waals surface area contributed by atoms with Crippen molar-refractivity contribution in [3.8, 4) is 0 Å². The van der Waals surface area contributed by atoms with Gasteiger partial charge in [0.2, 0.25) is 0 Å². The summed E-state index contributed by atoms with van der Waals surface area (Å²) in [6, 6.07) is 1.43. The first-order chi connectivity index (χ1) is 5.24. The predicted octanol–water partition coefficient (Wildman–Crippen LogP) is 2.95. The lowest BCUT2D eigenvalue weighted by Gasteiger charge is -2.20. The minimum atomic E-state index is 0.687. The quantitative estimate of drug-likeness (QED) is 0.625. The van der Waals surface area contributed by atoms with E-state index in [-0.39, 0.29) is 0 Å². The number of rotatable bonds is 6. The van der Waals surface area contributed by atoms with Crippen molar-refractivity contribution in [1.82, 2.24) is 5.32 Å². The first kappa shape index (κ1) is 11.0. The Balaban J connectivity index is 3.49. The standard InChI is InChI=1S/C10H23N/c1-5-8-10(7-3)11-9(4)6-2/h9-11H,5-8H2,1-4H3/t9?,10-/m0/s1. The lowest BCUT2D eigenvalue weighted by atomic mass is 10.1. The van der Waals surface area contributed by atoms with E-state index in [0.29, 0.717) is 6.04 Å². The Labute approximate surface area is 71.6 Å². The van der Waals surface area contributed by atoms with Gasteiger partial charge in [0.1, 0.15) is 0 Å². The van der Waals surface area contributed by atoms with E-state index >= 15 is 0 Å². The fourth-order valence-corrected chi connectivity index (χ4v) is 1.27. The van der Waals surface area contributed by atoms with Crippen molar-refractivity contribution in [3.05, 3.63) is 0 Å². The second kappa shape index (κ2) is 6.66. The molecular formula is C10H23N. The molecule has 0 amide bonds. The highest BCUT2D eigenvalue weighted by molar-refractivity contribution is 4.68. The zero-order valence-electron chi connectivity index (χ0n) is 8.48. The molecule has 1 unspecified atom stereocenters. The van der Waals surface area contributed by atoms with Crippen LogP contribution in [-0.4, -0.2) is 12.1 Å². The molecule has 0 aliphatic heterocycles. The van der Waals surface area contributed by atoms with Crippen LogP contribution in [0.5, 0.6) is 0 Å². The van der Waals surface area contributed by atoms with Crippen molar-refractivity contribution in [2.24, 2.45) is 0 Å². The maximum absolute atomic E-state index is 3.62. The van der Waals surface area contributed by atoms with E-state index in [1.165, 1.54) is 25.7 Å². The molecule has 1 heteroatoms. The summed E-state index contributed by atoms with van der Waals surface area (Å²) in [4.78, 5) is 0.